The summed E-state index contributed by atoms with van der Waals surface area (Å²) in [6, 6.07) is 22.0. The lowest BCUT2D eigenvalue weighted by atomic mass is 10.1. The highest BCUT2D eigenvalue weighted by Gasteiger charge is 2.15. The zero-order chi connectivity index (χ0) is 28.4. The Bertz CT molecular complexity index is 1530. The lowest BCUT2D eigenvalue weighted by molar-refractivity contribution is 0.305. The van der Waals surface area contributed by atoms with Crippen LogP contribution >= 0.6 is 22.9 Å². The highest BCUT2D eigenvalue weighted by Crippen LogP contribution is 2.43. The van der Waals surface area contributed by atoms with E-state index < -0.39 is 0 Å². The van der Waals surface area contributed by atoms with Gasteiger partial charge in [0.15, 0.2) is 0 Å². The van der Waals surface area contributed by atoms with E-state index in [9.17, 15) is 0 Å². The Morgan fingerprint density at radius 1 is 0.659 bits per heavy atom. The van der Waals surface area contributed by atoms with Crippen molar-refractivity contribution in [3.8, 4) is 44.8 Å². The van der Waals surface area contributed by atoms with Gasteiger partial charge in [-0.15, -0.1) is 21.5 Å². The van der Waals surface area contributed by atoms with Crippen molar-refractivity contribution < 1.29 is 13.9 Å². The monoisotopic (exact) mass is 588 g/mol. The molecule has 2 heterocycles. The molecule has 5 rings (SSSR count). The SMILES string of the molecule is CCCCCCOc1ccc(-c2nnc(-c3ccc(-c4sc5cc(OCCCCCC)ccc5c4Cl)cc3)o2)cc1. The maximum atomic E-state index is 6.81. The van der Waals surface area contributed by atoms with Gasteiger partial charge in [0.05, 0.1) is 23.1 Å². The van der Waals surface area contributed by atoms with E-state index >= 15 is 0 Å². The summed E-state index contributed by atoms with van der Waals surface area (Å²) in [5.41, 5.74) is 2.77. The van der Waals surface area contributed by atoms with Gasteiger partial charge in [0.1, 0.15) is 11.5 Å². The summed E-state index contributed by atoms with van der Waals surface area (Å²) < 4.78 is 19.0. The fraction of sp³-hybridized carbons (Fsp3) is 0.353. The Morgan fingerprint density at radius 3 is 1.80 bits per heavy atom. The quantitative estimate of drug-likeness (QED) is 0.114. The van der Waals surface area contributed by atoms with E-state index in [0.29, 0.717) is 11.8 Å². The number of nitrogens with zero attached hydrogens (tertiary/aromatic N) is 2. The fourth-order valence-electron chi connectivity index (χ4n) is 4.67. The van der Waals surface area contributed by atoms with Crippen LogP contribution in [0.1, 0.15) is 65.2 Å². The minimum atomic E-state index is 0.478. The predicted octanol–water partition coefficient (Wildman–Crippen LogP) is 10.9. The van der Waals surface area contributed by atoms with Crippen molar-refractivity contribution in [2.45, 2.75) is 65.2 Å². The van der Waals surface area contributed by atoms with Crippen molar-refractivity contribution in [3.63, 3.8) is 0 Å². The van der Waals surface area contributed by atoms with Gasteiger partial charge in [-0.3, -0.25) is 0 Å². The van der Waals surface area contributed by atoms with Gasteiger partial charge >= 0.3 is 0 Å². The number of aromatic nitrogens is 2. The van der Waals surface area contributed by atoms with E-state index in [1.54, 1.807) is 11.3 Å². The van der Waals surface area contributed by atoms with Crippen molar-refractivity contribution >= 4 is 33.0 Å². The molecule has 0 fully saturated rings. The first-order valence-electron chi connectivity index (χ1n) is 14.7. The first kappa shape index (κ1) is 29.2. The summed E-state index contributed by atoms with van der Waals surface area (Å²) in [7, 11) is 0. The molecule has 214 valence electrons. The molecule has 0 N–H and O–H groups in total. The summed E-state index contributed by atoms with van der Waals surface area (Å²) in [5, 5.41) is 10.4. The lowest BCUT2D eigenvalue weighted by Crippen LogP contribution is -1.96. The standard InChI is InChI=1S/C34H37ClN2O3S/c1-3-5-7-9-21-38-27-17-15-26(16-18-27)34-37-36-33(40-34)25-13-11-24(12-14-25)32-31(35)29-20-19-28(23-30(29)41-32)39-22-10-8-6-4-2/h11-20,23H,3-10,21-22H2,1-2H3. The Balaban J connectivity index is 1.23. The Labute approximate surface area is 251 Å². The number of halogens is 1. The van der Waals surface area contributed by atoms with Gasteiger partial charge in [0, 0.05) is 21.2 Å². The van der Waals surface area contributed by atoms with Gasteiger partial charge in [-0.05, 0) is 73.0 Å². The van der Waals surface area contributed by atoms with E-state index in [-0.39, 0.29) is 0 Å². The topological polar surface area (TPSA) is 57.4 Å². The molecule has 5 nitrogen and oxygen atoms in total. The van der Waals surface area contributed by atoms with Crippen LogP contribution in [0, 0.1) is 0 Å². The van der Waals surface area contributed by atoms with Crippen molar-refractivity contribution in [3.05, 3.63) is 71.8 Å². The van der Waals surface area contributed by atoms with E-state index in [0.717, 1.165) is 74.2 Å². The van der Waals surface area contributed by atoms with Crippen LogP contribution in [0.3, 0.4) is 0 Å². The number of benzene rings is 3. The Kier molecular flexibility index (Phi) is 10.3. The highest BCUT2D eigenvalue weighted by molar-refractivity contribution is 7.23. The van der Waals surface area contributed by atoms with E-state index in [4.69, 9.17) is 25.5 Å². The van der Waals surface area contributed by atoms with Crippen molar-refractivity contribution in [1.82, 2.24) is 10.2 Å². The third-order valence-electron chi connectivity index (χ3n) is 7.05. The average Bonchev–Trinajstić information content (AvgIpc) is 3.62. The minimum Gasteiger partial charge on any atom is -0.494 e. The van der Waals surface area contributed by atoms with Crippen LogP contribution in [0.5, 0.6) is 11.5 Å². The average molecular weight is 589 g/mol. The second-order valence-corrected chi connectivity index (χ2v) is 11.7. The van der Waals surface area contributed by atoms with Gasteiger partial charge in [0.2, 0.25) is 11.8 Å². The van der Waals surface area contributed by atoms with Crippen LogP contribution in [0.4, 0.5) is 0 Å². The first-order chi connectivity index (χ1) is 20.2. The van der Waals surface area contributed by atoms with Gasteiger partial charge in [-0.25, -0.2) is 0 Å². The number of thiophene rings is 1. The molecular weight excluding hydrogens is 552 g/mol. The summed E-state index contributed by atoms with van der Waals surface area (Å²) in [5.74, 6) is 2.71. The maximum absolute atomic E-state index is 6.81. The summed E-state index contributed by atoms with van der Waals surface area (Å²) >= 11 is 8.49. The first-order valence-corrected chi connectivity index (χ1v) is 15.9. The molecule has 0 bridgehead atoms. The molecule has 0 spiro atoms. The van der Waals surface area contributed by atoms with E-state index in [1.807, 2.05) is 54.6 Å². The molecule has 0 atom stereocenters. The summed E-state index contributed by atoms with van der Waals surface area (Å²) in [6.45, 7) is 5.91. The van der Waals surface area contributed by atoms with Crippen LogP contribution in [0.2, 0.25) is 5.02 Å². The third kappa shape index (κ3) is 7.49. The van der Waals surface area contributed by atoms with Crippen molar-refractivity contribution in [2.24, 2.45) is 0 Å². The number of fused-ring (bicyclic) bond motifs is 1. The second-order valence-electron chi connectivity index (χ2n) is 10.2. The molecule has 0 saturated heterocycles. The molecule has 5 aromatic rings. The molecule has 0 aliphatic carbocycles. The van der Waals surface area contributed by atoms with Crippen molar-refractivity contribution in [2.75, 3.05) is 13.2 Å². The normalized spacial score (nSPS) is 11.3. The molecule has 0 unspecified atom stereocenters. The predicted molar refractivity (Wildman–Crippen MR) is 170 cm³/mol. The van der Waals surface area contributed by atoms with Crippen LogP contribution < -0.4 is 9.47 Å². The molecule has 41 heavy (non-hydrogen) atoms. The van der Waals surface area contributed by atoms with Crippen LogP contribution in [0.15, 0.2) is 71.1 Å². The number of hydrogen-bond acceptors (Lipinski definition) is 6. The van der Waals surface area contributed by atoms with E-state index in [2.05, 4.69) is 36.2 Å². The number of rotatable bonds is 15. The summed E-state index contributed by atoms with van der Waals surface area (Å²) in [6.07, 6.45) is 9.51. The minimum absolute atomic E-state index is 0.478. The van der Waals surface area contributed by atoms with Gasteiger partial charge in [-0.2, -0.15) is 0 Å². The van der Waals surface area contributed by atoms with Crippen LogP contribution in [-0.2, 0) is 0 Å². The number of unbranched alkanes of at least 4 members (excludes halogenated alkanes) is 6. The summed E-state index contributed by atoms with van der Waals surface area (Å²) in [4.78, 5) is 1.03. The zero-order valence-corrected chi connectivity index (χ0v) is 25.4. The Morgan fingerprint density at radius 2 is 1.20 bits per heavy atom. The van der Waals surface area contributed by atoms with E-state index in [1.165, 1.54) is 38.5 Å². The van der Waals surface area contributed by atoms with Crippen LogP contribution in [0.25, 0.3) is 43.4 Å². The molecule has 0 amide bonds. The zero-order valence-electron chi connectivity index (χ0n) is 23.8. The molecule has 0 radical (unpaired) electrons. The molecule has 3 aromatic carbocycles. The third-order valence-corrected chi connectivity index (χ3v) is 8.76. The molecule has 0 aliphatic heterocycles. The second kappa shape index (κ2) is 14.5. The largest absolute Gasteiger partial charge is 0.494 e. The number of ether oxygens (including phenoxy) is 2. The van der Waals surface area contributed by atoms with Crippen molar-refractivity contribution in [1.29, 1.82) is 0 Å². The van der Waals surface area contributed by atoms with Gasteiger partial charge < -0.3 is 13.9 Å². The van der Waals surface area contributed by atoms with Gasteiger partial charge in [0.25, 0.3) is 0 Å². The Hall–Kier alpha value is -3.35. The molecule has 0 saturated carbocycles. The molecule has 7 heteroatoms. The van der Waals surface area contributed by atoms with Gasteiger partial charge in [-0.1, -0.05) is 76.1 Å². The smallest absolute Gasteiger partial charge is 0.248 e. The molecular formula is C34H37ClN2O3S. The molecule has 0 aliphatic rings. The van der Waals surface area contributed by atoms with Crippen LogP contribution in [-0.4, -0.2) is 23.4 Å². The lowest BCUT2D eigenvalue weighted by Gasteiger charge is -2.06. The fourth-order valence-corrected chi connectivity index (χ4v) is 6.25. The highest BCUT2D eigenvalue weighted by atomic mass is 35.5. The maximum Gasteiger partial charge on any atom is 0.248 e. The molecule has 2 aromatic heterocycles. The number of hydrogen-bond donors (Lipinski definition) is 0.